The van der Waals surface area contributed by atoms with Crippen molar-refractivity contribution in [3.05, 3.63) is 119 Å². The van der Waals surface area contributed by atoms with Gasteiger partial charge in [0, 0.05) is 38.3 Å². The van der Waals surface area contributed by atoms with Gasteiger partial charge in [-0.3, -0.25) is 39.4 Å². The van der Waals surface area contributed by atoms with E-state index in [1.165, 1.54) is 26.4 Å². The molecule has 0 unspecified atom stereocenters. The molecular formula is C40H45N7O12. The van der Waals surface area contributed by atoms with Crippen molar-refractivity contribution in [3.8, 4) is 23.0 Å². The number of rotatable bonds is 5. The van der Waals surface area contributed by atoms with Gasteiger partial charge < -0.3 is 46.3 Å². The highest BCUT2D eigenvalue weighted by Crippen LogP contribution is 2.36. The van der Waals surface area contributed by atoms with Crippen LogP contribution in [-0.2, 0) is 25.7 Å². The number of carbonyl (C=O) groups is 4. The third kappa shape index (κ3) is 9.58. The summed E-state index contributed by atoms with van der Waals surface area (Å²) in [5.41, 5.74) is 10.4. The minimum absolute atomic E-state index is 0. The second kappa shape index (κ2) is 19.6. The molecule has 0 bridgehead atoms. The average Bonchev–Trinajstić information content (AvgIpc) is 3.22. The highest BCUT2D eigenvalue weighted by Gasteiger charge is 2.30. The van der Waals surface area contributed by atoms with Crippen LogP contribution in [0.25, 0.3) is 0 Å². The van der Waals surface area contributed by atoms with E-state index in [1.807, 2.05) is 18.2 Å². The molecule has 0 saturated heterocycles. The lowest BCUT2D eigenvalue weighted by atomic mass is 9.98. The zero-order valence-corrected chi connectivity index (χ0v) is 31.8. The third-order valence-electron chi connectivity index (χ3n) is 9.50. The van der Waals surface area contributed by atoms with Crippen molar-refractivity contribution in [1.29, 1.82) is 0 Å². The number of carbonyl (C=O) groups excluding carboxylic acids is 4. The molecule has 0 radical (unpaired) electrons. The number of hydrogen-bond acceptors (Lipinski definition) is 13. The van der Waals surface area contributed by atoms with E-state index in [2.05, 4.69) is 21.3 Å². The number of nitro benzene ring substituents is 2. The van der Waals surface area contributed by atoms with Gasteiger partial charge in [0.1, 0.15) is 5.75 Å². The highest BCUT2D eigenvalue weighted by molar-refractivity contribution is 6.02. The number of methoxy groups -OCH3 is 3. The van der Waals surface area contributed by atoms with Crippen LogP contribution < -0.4 is 41.2 Å². The first kappa shape index (κ1) is 44.3. The number of nitrogens with one attached hydrogen (secondary N) is 4. The first-order chi connectivity index (χ1) is 27.8. The highest BCUT2D eigenvalue weighted by atomic mass is 16.6. The molecule has 19 nitrogen and oxygen atoms in total. The van der Waals surface area contributed by atoms with Crippen molar-refractivity contribution in [1.82, 2.24) is 21.3 Å². The molecule has 4 heterocycles. The number of anilines is 1. The van der Waals surface area contributed by atoms with Crippen LogP contribution in [0.4, 0.5) is 17.1 Å². The Kier molecular flexibility index (Phi) is 14.7. The third-order valence-corrected chi connectivity index (χ3v) is 9.50. The summed E-state index contributed by atoms with van der Waals surface area (Å²) >= 11 is 0. The molecule has 0 aromatic heterocycles. The first-order valence-electron chi connectivity index (χ1n) is 17.9. The Morgan fingerprint density at radius 2 is 0.932 bits per heavy atom. The fourth-order valence-corrected chi connectivity index (χ4v) is 6.76. The van der Waals surface area contributed by atoms with Crippen molar-refractivity contribution < 1.29 is 48.3 Å². The molecular weight excluding hydrogens is 770 g/mol. The second-order valence-electron chi connectivity index (χ2n) is 12.9. The summed E-state index contributed by atoms with van der Waals surface area (Å²) in [5, 5.41) is 41.8. The van der Waals surface area contributed by atoms with Gasteiger partial charge in [0.05, 0.1) is 59.1 Å². The Morgan fingerprint density at radius 3 is 1.34 bits per heavy atom. The fraction of sp³-hybridized carbons (Fsp3) is 0.300. The lowest BCUT2D eigenvalue weighted by Crippen LogP contribution is -2.32. The largest absolute Gasteiger partial charge is 0.505 e. The van der Waals surface area contributed by atoms with Crippen LogP contribution in [0.3, 0.4) is 0 Å². The van der Waals surface area contributed by atoms with Gasteiger partial charge in [0.2, 0.25) is 11.5 Å². The maximum Gasteiger partial charge on any atom is 0.311 e. The average molecular weight is 816 g/mol. The molecule has 0 atom stereocenters. The van der Waals surface area contributed by atoms with E-state index in [1.54, 1.807) is 31.4 Å². The number of hydrogen-bond donors (Lipinski definition) is 6. The van der Waals surface area contributed by atoms with Gasteiger partial charge in [-0.25, -0.2) is 0 Å². The Labute approximate surface area is 338 Å². The molecule has 4 amide bonds. The number of phenols is 1. The number of nitrogen functional groups attached to an aromatic ring is 1. The zero-order chi connectivity index (χ0) is 42.1. The minimum atomic E-state index is -0.555. The van der Waals surface area contributed by atoms with E-state index in [4.69, 9.17) is 19.9 Å². The number of phenolic OH excluding ortho intramolecular Hbond substituents is 1. The number of aromatic hydroxyl groups is 1. The molecule has 0 fully saturated rings. The van der Waals surface area contributed by atoms with Crippen molar-refractivity contribution >= 4 is 40.7 Å². The first-order valence-corrected chi connectivity index (χ1v) is 17.9. The molecule has 0 spiro atoms. The Hall–Kier alpha value is -7.44. The molecule has 4 aliphatic heterocycles. The van der Waals surface area contributed by atoms with Crippen LogP contribution in [0.15, 0.2) is 54.6 Å². The van der Waals surface area contributed by atoms with E-state index < -0.39 is 9.85 Å². The van der Waals surface area contributed by atoms with Gasteiger partial charge in [0.15, 0.2) is 5.75 Å². The Balaban J connectivity index is 0.000000174. The number of amides is 4. The van der Waals surface area contributed by atoms with Crippen molar-refractivity contribution in [2.75, 3.05) is 53.2 Å². The molecule has 7 N–H and O–H groups in total. The number of ether oxygens (including phenoxy) is 3. The number of nitrogens with zero attached hydrogens (tertiary/aromatic N) is 2. The van der Waals surface area contributed by atoms with Gasteiger partial charge in [-0.05, 0) is 60.1 Å². The number of benzene rings is 4. The summed E-state index contributed by atoms with van der Waals surface area (Å²) in [6.07, 6.45) is 2.96. The summed E-state index contributed by atoms with van der Waals surface area (Å²) in [7, 11) is 4.23. The second-order valence-corrected chi connectivity index (χ2v) is 12.9. The van der Waals surface area contributed by atoms with Crippen molar-refractivity contribution in [2.24, 2.45) is 0 Å². The minimum Gasteiger partial charge on any atom is -0.505 e. The lowest BCUT2D eigenvalue weighted by Gasteiger charge is -2.18. The van der Waals surface area contributed by atoms with Crippen LogP contribution in [0.5, 0.6) is 23.0 Å². The monoisotopic (exact) mass is 815 g/mol. The fourth-order valence-electron chi connectivity index (χ4n) is 6.76. The van der Waals surface area contributed by atoms with Gasteiger partial charge in [-0.2, -0.15) is 0 Å². The van der Waals surface area contributed by atoms with Crippen LogP contribution in [-0.4, -0.2) is 86.1 Å². The van der Waals surface area contributed by atoms with Crippen molar-refractivity contribution in [3.63, 3.8) is 0 Å². The van der Waals surface area contributed by atoms with Crippen LogP contribution in [0, 0.1) is 20.2 Å². The van der Waals surface area contributed by atoms with E-state index in [9.17, 15) is 44.5 Å². The van der Waals surface area contributed by atoms with Crippen LogP contribution in [0.1, 0.15) is 71.1 Å². The Bertz CT molecular complexity index is 2190. The molecule has 0 saturated carbocycles. The number of nitrogens with two attached hydrogens (primary N) is 1. The van der Waals surface area contributed by atoms with E-state index in [0.29, 0.717) is 49.4 Å². The standard InChI is InChI=1S/2C10H10N2O4.C10H11NO2.C9H10N2O2.CH4/c2*1-16-9-7(12(14)15)3-2-6-4-5-11-10(13)8(6)9;1-13-8-4-2-3-7-5-6-11-10(12)9(7)8;10-6-2-1-5-3-4-11-9(13)7(5)8(6)12;/h2*2-3H,4-5H2,1H3,(H,11,13);2-4H,5-6H2,1H3,(H,11,12);1-2,12H,3-4,10H2,(H,11,13);1H4. The molecule has 4 aliphatic rings. The van der Waals surface area contributed by atoms with Crippen LogP contribution >= 0.6 is 0 Å². The van der Waals surface area contributed by atoms with Gasteiger partial charge >= 0.3 is 11.4 Å². The van der Waals surface area contributed by atoms with E-state index >= 15 is 0 Å². The predicted molar refractivity (Wildman–Crippen MR) is 216 cm³/mol. The molecule has 8 rings (SSSR count). The topological polar surface area (TPSA) is 277 Å². The summed E-state index contributed by atoms with van der Waals surface area (Å²) in [6, 6.07) is 15.0. The van der Waals surface area contributed by atoms with Crippen LogP contribution in [0.2, 0.25) is 0 Å². The van der Waals surface area contributed by atoms with Gasteiger partial charge in [-0.1, -0.05) is 37.8 Å². The molecule has 59 heavy (non-hydrogen) atoms. The summed E-state index contributed by atoms with van der Waals surface area (Å²) in [5.74, 6) is -0.267. The summed E-state index contributed by atoms with van der Waals surface area (Å²) in [6.45, 7) is 2.44. The predicted octanol–water partition coefficient (Wildman–Crippen LogP) is 3.66. The smallest absolute Gasteiger partial charge is 0.311 e. The lowest BCUT2D eigenvalue weighted by molar-refractivity contribution is -0.385. The molecule has 4 aromatic rings. The molecule has 0 aliphatic carbocycles. The number of fused-ring (bicyclic) bond motifs is 4. The van der Waals surface area contributed by atoms with E-state index in [-0.39, 0.29) is 76.5 Å². The molecule has 4 aromatic carbocycles. The Morgan fingerprint density at radius 1 is 0.559 bits per heavy atom. The van der Waals surface area contributed by atoms with E-state index in [0.717, 1.165) is 41.6 Å². The van der Waals surface area contributed by atoms with Gasteiger partial charge in [0.25, 0.3) is 23.6 Å². The maximum absolute atomic E-state index is 11.6. The normalized spacial score (nSPS) is 14.1. The number of nitro groups is 2. The molecule has 312 valence electrons. The molecule has 19 heteroatoms. The van der Waals surface area contributed by atoms with Gasteiger partial charge in [-0.15, -0.1) is 0 Å². The maximum atomic E-state index is 11.6. The SMILES string of the molecule is C.COc1c([N+](=O)[O-])ccc2c1C(=O)NCC2.COc1c([N+](=O)[O-])ccc2c1C(=O)NCC2.COc1cccc2c1C(=O)NCC2.Nc1ccc2c(c1O)C(=O)NCC2. The summed E-state index contributed by atoms with van der Waals surface area (Å²) < 4.78 is 15.1. The van der Waals surface area contributed by atoms with Crippen molar-refractivity contribution in [2.45, 2.75) is 33.1 Å². The summed E-state index contributed by atoms with van der Waals surface area (Å²) in [4.78, 5) is 66.5. The zero-order valence-electron chi connectivity index (χ0n) is 31.8. The quantitative estimate of drug-likeness (QED) is 0.0727.